The molecule has 0 bridgehead atoms. The third-order valence-corrected chi connectivity index (χ3v) is 11.2. The molecule has 0 spiro atoms. The van der Waals surface area contributed by atoms with Gasteiger partial charge in [-0.3, -0.25) is 0 Å². The second-order valence-electron chi connectivity index (χ2n) is 13.4. The lowest BCUT2D eigenvalue weighted by atomic mass is 9.92. The lowest BCUT2D eigenvalue weighted by Gasteiger charge is -2.14. The molecule has 10 rings (SSSR count). The van der Waals surface area contributed by atoms with Crippen molar-refractivity contribution >= 4 is 42.3 Å². The molecule has 0 saturated carbocycles. The Hall–Kier alpha value is -6.68. The maximum atomic E-state index is 5.31. The Morgan fingerprint density at radius 3 is 1.72 bits per heavy atom. The van der Waals surface area contributed by atoms with Crippen LogP contribution >= 0.6 is 11.3 Å². The normalized spacial score (nSPS) is 11.4. The molecule has 8 aromatic carbocycles. The van der Waals surface area contributed by atoms with Gasteiger partial charge >= 0.3 is 0 Å². The second-order valence-corrected chi connectivity index (χ2v) is 14.5. The number of fused-ring (bicyclic) bond motifs is 4. The zero-order chi connectivity index (χ0) is 35.1. The Bertz CT molecular complexity index is 2930. The summed E-state index contributed by atoms with van der Waals surface area (Å²) < 4.78 is 2.59. The summed E-state index contributed by atoms with van der Waals surface area (Å²) in [6.07, 6.45) is 0. The highest BCUT2D eigenvalue weighted by atomic mass is 32.1. The topological polar surface area (TPSA) is 25.8 Å². The monoisotopic (exact) mass is 692 g/mol. The minimum Gasteiger partial charge on any atom is -0.228 e. The third kappa shape index (κ3) is 5.87. The fourth-order valence-electron chi connectivity index (χ4n) is 7.41. The van der Waals surface area contributed by atoms with Crippen molar-refractivity contribution in [3.8, 4) is 67.3 Å². The summed E-state index contributed by atoms with van der Waals surface area (Å²) >= 11 is 1.85. The van der Waals surface area contributed by atoms with Crippen LogP contribution in [0.2, 0.25) is 0 Å². The molecular formula is C50H32N2S. The lowest BCUT2D eigenvalue weighted by molar-refractivity contribution is 1.18. The Balaban J connectivity index is 1.19. The van der Waals surface area contributed by atoms with Gasteiger partial charge in [0.1, 0.15) is 0 Å². The van der Waals surface area contributed by atoms with Crippen LogP contribution in [0, 0.1) is 0 Å². The Morgan fingerprint density at radius 1 is 0.321 bits per heavy atom. The van der Waals surface area contributed by atoms with Gasteiger partial charge in [-0.05, 0) is 86.6 Å². The molecule has 0 unspecified atom stereocenters. The number of aromatic nitrogens is 2. The molecule has 0 aliphatic heterocycles. The fourth-order valence-corrected chi connectivity index (χ4v) is 8.54. The zero-order valence-electron chi connectivity index (χ0n) is 28.8. The molecular weight excluding hydrogens is 661 g/mol. The van der Waals surface area contributed by atoms with Crippen LogP contribution in [-0.4, -0.2) is 9.97 Å². The minimum absolute atomic E-state index is 0.699. The van der Waals surface area contributed by atoms with Crippen LogP contribution < -0.4 is 0 Å². The number of benzene rings is 8. The summed E-state index contributed by atoms with van der Waals surface area (Å²) in [5.74, 6) is 0.699. The smallest absolute Gasteiger partial charge is 0.160 e. The van der Waals surface area contributed by atoms with E-state index in [-0.39, 0.29) is 0 Å². The molecule has 2 aromatic heterocycles. The van der Waals surface area contributed by atoms with E-state index in [1.807, 2.05) is 23.5 Å². The first-order valence-electron chi connectivity index (χ1n) is 17.9. The Morgan fingerprint density at radius 2 is 0.906 bits per heavy atom. The molecule has 0 radical (unpaired) electrons. The molecule has 0 amide bonds. The van der Waals surface area contributed by atoms with Gasteiger partial charge < -0.3 is 0 Å². The van der Waals surface area contributed by atoms with E-state index in [0.29, 0.717) is 5.82 Å². The summed E-state index contributed by atoms with van der Waals surface area (Å²) in [5, 5.41) is 5.03. The molecule has 0 fully saturated rings. The number of hydrogen-bond acceptors (Lipinski definition) is 3. The van der Waals surface area contributed by atoms with Crippen LogP contribution in [0.25, 0.3) is 98.2 Å². The molecule has 53 heavy (non-hydrogen) atoms. The van der Waals surface area contributed by atoms with Gasteiger partial charge in [-0.1, -0.05) is 152 Å². The second kappa shape index (κ2) is 13.1. The van der Waals surface area contributed by atoms with E-state index in [1.165, 1.54) is 47.6 Å². The van der Waals surface area contributed by atoms with Gasteiger partial charge in [-0.2, -0.15) is 0 Å². The molecule has 248 valence electrons. The van der Waals surface area contributed by atoms with Gasteiger partial charge in [-0.25, -0.2) is 9.97 Å². The maximum absolute atomic E-state index is 5.31. The highest BCUT2D eigenvalue weighted by Gasteiger charge is 2.16. The van der Waals surface area contributed by atoms with Gasteiger partial charge in [-0.15, -0.1) is 11.3 Å². The van der Waals surface area contributed by atoms with Crippen molar-refractivity contribution in [1.29, 1.82) is 0 Å². The molecule has 3 heteroatoms. The van der Waals surface area contributed by atoms with Gasteiger partial charge in [0.15, 0.2) is 5.82 Å². The quantitative estimate of drug-likeness (QED) is 0.173. The predicted octanol–water partition coefficient (Wildman–Crippen LogP) is 14.0. The first kappa shape index (κ1) is 31.1. The van der Waals surface area contributed by atoms with Crippen molar-refractivity contribution < 1.29 is 0 Å². The first-order chi connectivity index (χ1) is 26.2. The first-order valence-corrected chi connectivity index (χ1v) is 18.7. The zero-order valence-corrected chi connectivity index (χ0v) is 29.6. The predicted molar refractivity (Wildman–Crippen MR) is 225 cm³/mol. The Labute approximate surface area is 312 Å². The molecule has 0 atom stereocenters. The highest BCUT2D eigenvalue weighted by Crippen LogP contribution is 2.42. The third-order valence-electron chi connectivity index (χ3n) is 10.1. The molecule has 0 saturated heterocycles. The van der Waals surface area contributed by atoms with Crippen LogP contribution in [0.1, 0.15) is 0 Å². The summed E-state index contributed by atoms with van der Waals surface area (Å²) in [6.45, 7) is 0. The van der Waals surface area contributed by atoms with Gasteiger partial charge in [0.05, 0.1) is 11.4 Å². The van der Waals surface area contributed by atoms with Crippen LogP contribution in [0.4, 0.5) is 0 Å². The summed E-state index contributed by atoms with van der Waals surface area (Å²) in [5.41, 5.74) is 11.9. The molecule has 0 N–H and O–H groups in total. The number of thiophene rings is 1. The van der Waals surface area contributed by atoms with Crippen LogP contribution in [0.3, 0.4) is 0 Å². The molecule has 2 nitrogen and oxygen atoms in total. The van der Waals surface area contributed by atoms with Crippen molar-refractivity contribution in [2.75, 3.05) is 0 Å². The molecule has 0 aliphatic carbocycles. The standard InChI is InChI=1S/C50H32N2S/c1-3-12-33(13-4-1)35-22-25-37(26-23-35)50-51-45(36-15-5-2-6-16-36)32-46(52-50)42-30-40(39-27-24-34-14-7-8-17-38(34)28-39)29-41(31-42)43-19-11-21-48-49(43)44-18-9-10-20-47(44)53-48/h1-32H. The minimum atomic E-state index is 0.699. The molecule has 2 heterocycles. The van der Waals surface area contributed by atoms with Crippen molar-refractivity contribution in [2.45, 2.75) is 0 Å². The molecule has 0 aliphatic rings. The van der Waals surface area contributed by atoms with E-state index in [0.717, 1.165) is 44.8 Å². The van der Waals surface area contributed by atoms with E-state index in [2.05, 4.69) is 182 Å². The summed E-state index contributed by atoms with van der Waals surface area (Å²) in [4.78, 5) is 10.5. The molecule has 10 aromatic rings. The highest BCUT2D eigenvalue weighted by molar-refractivity contribution is 7.25. The van der Waals surface area contributed by atoms with Crippen LogP contribution in [0.5, 0.6) is 0 Å². The van der Waals surface area contributed by atoms with Crippen LogP contribution in [0.15, 0.2) is 194 Å². The van der Waals surface area contributed by atoms with Crippen molar-refractivity contribution in [2.24, 2.45) is 0 Å². The summed E-state index contributed by atoms with van der Waals surface area (Å²) in [6, 6.07) is 69.3. The maximum Gasteiger partial charge on any atom is 0.160 e. The average Bonchev–Trinajstić information content (AvgIpc) is 3.63. The number of rotatable bonds is 6. The van der Waals surface area contributed by atoms with Gasteiger partial charge in [0, 0.05) is 36.9 Å². The fraction of sp³-hybridized carbons (Fsp3) is 0. The number of hydrogen-bond donors (Lipinski definition) is 0. The lowest BCUT2D eigenvalue weighted by Crippen LogP contribution is -1.97. The van der Waals surface area contributed by atoms with E-state index in [1.54, 1.807) is 0 Å². The van der Waals surface area contributed by atoms with Crippen molar-refractivity contribution in [1.82, 2.24) is 9.97 Å². The van der Waals surface area contributed by atoms with Crippen molar-refractivity contribution in [3.63, 3.8) is 0 Å². The SMILES string of the molecule is c1ccc(-c2ccc(-c3nc(-c4ccccc4)cc(-c4cc(-c5ccc6ccccc6c5)cc(-c5cccc6sc7ccccc7c56)c4)n3)cc2)cc1. The van der Waals surface area contributed by atoms with Gasteiger partial charge in [0.25, 0.3) is 0 Å². The average molecular weight is 693 g/mol. The van der Waals surface area contributed by atoms with E-state index < -0.39 is 0 Å². The van der Waals surface area contributed by atoms with E-state index in [4.69, 9.17) is 9.97 Å². The largest absolute Gasteiger partial charge is 0.228 e. The van der Waals surface area contributed by atoms with Crippen molar-refractivity contribution in [3.05, 3.63) is 194 Å². The van der Waals surface area contributed by atoms with Crippen LogP contribution in [-0.2, 0) is 0 Å². The van der Waals surface area contributed by atoms with E-state index in [9.17, 15) is 0 Å². The number of nitrogens with zero attached hydrogens (tertiary/aromatic N) is 2. The Kier molecular flexibility index (Phi) is 7.71. The van der Waals surface area contributed by atoms with E-state index >= 15 is 0 Å². The van der Waals surface area contributed by atoms with Gasteiger partial charge in [0.2, 0.25) is 0 Å². The summed E-state index contributed by atoms with van der Waals surface area (Å²) in [7, 11) is 0.